The Balaban J connectivity index is 0.000000173. The molecule has 0 fully saturated rings. The van der Waals surface area contributed by atoms with E-state index in [1.54, 1.807) is 20.8 Å². The molecule has 0 spiro atoms. The van der Waals surface area contributed by atoms with Crippen molar-refractivity contribution in [2.75, 3.05) is 19.8 Å². The third-order valence-corrected chi connectivity index (χ3v) is 19.8. The number of aliphatic carboxylic acids is 1. The third-order valence-electron chi connectivity index (χ3n) is 18.8. The SMILES string of the molecule is Cc1cc2ccccc2c(-c2ccc(Cl)cc2)c1[C@@H](CO)OC(C)(C)C.Cc1cc2ccccc2c(-c2ccc(Cl)cc2)c1[C@@H](COC(=O)C(C)(C)C)OC(C)(C)C.Cc1cc2ccccc2c(-c2ccc(Cl)cc2)c1[C@H](O)COC(=O)C(C)(C)C.Cc1cc2ccccc2c(-c2ccc(Cl)cc2)c1[C@H](OC(C)(C)C)C(=O)O. The van der Waals surface area contributed by atoms with Crippen molar-refractivity contribution < 1.29 is 53.4 Å². The first-order valence-corrected chi connectivity index (χ1v) is 39.6. The molecule has 113 heavy (non-hydrogen) atoms. The van der Waals surface area contributed by atoms with Crippen LogP contribution in [0.15, 0.2) is 218 Å². The number of hydrogen-bond donors (Lipinski definition) is 3. The van der Waals surface area contributed by atoms with E-state index in [4.69, 9.17) is 70.1 Å². The molecule has 0 unspecified atom stereocenters. The predicted octanol–water partition coefficient (Wildman–Crippen LogP) is 26.7. The van der Waals surface area contributed by atoms with Crippen molar-refractivity contribution in [1.29, 1.82) is 0 Å². The van der Waals surface area contributed by atoms with Crippen molar-refractivity contribution in [2.24, 2.45) is 10.8 Å². The number of carboxylic acid groups (broad SMARTS) is 1. The Bertz CT molecular complexity index is 5330. The van der Waals surface area contributed by atoms with Crippen LogP contribution in [0.2, 0.25) is 20.1 Å². The summed E-state index contributed by atoms with van der Waals surface area (Å²) in [5, 5.41) is 42.5. The third kappa shape index (κ3) is 23.0. The highest BCUT2D eigenvalue weighted by Gasteiger charge is 2.34. The number of carbonyl (C=O) groups excluding carboxylic acids is 2. The first-order valence-electron chi connectivity index (χ1n) is 38.0. The second-order valence-corrected chi connectivity index (χ2v) is 35.4. The first-order chi connectivity index (χ1) is 53.0. The molecule has 0 amide bonds. The monoisotopic (exact) mass is 1600 g/mol. The van der Waals surface area contributed by atoms with Crippen LogP contribution >= 0.6 is 46.4 Å². The van der Waals surface area contributed by atoms with Gasteiger partial charge >= 0.3 is 17.9 Å². The zero-order valence-electron chi connectivity index (χ0n) is 68.3. The largest absolute Gasteiger partial charge is 0.479 e. The van der Waals surface area contributed by atoms with Gasteiger partial charge in [0.25, 0.3) is 0 Å². The van der Waals surface area contributed by atoms with E-state index in [2.05, 4.69) is 62.4 Å². The molecule has 12 aromatic rings. The highest BCUT2D eigenvalue weighted by atomic mass is 35.5. The Morgan fingerprint density at radius 2 is 0.602 bits per heavy atom. The van der Waals surface area contributed by atoms with E-state index < -0.39 is 52.4 Å². The van der Waals surface area contributed by atoms with Crippen LogP contribution < -0.4 is 0 Å². The number of fused-ring (bicyclic) bond motifs is 4. The van der Waals surface area contributed by atoms with E-state index >= 15 is 0 Å². The van der Waals surface area contributed by atoms with Gasteiger partial charge < -0.3 is 39.0 Å². The van der Waals surface area contributed by atoms with Gasteiger partial charge in [0.2, 0.25) is 0 Å². The maximum absolute atomic E-state index is 12.6. The summed E-state index contributed by atoms with van der Waals surface area (Å²) in [6, 6.07) is 71.9. The van der Waals surface area contributed by atoms with Gasteiger partial charge in [0.1, 0.15) is 31.5 Å². The molecule has 0 bridgehead atoms. The molecule has 0 heterocycles. The number of esters is 2. The summed E-state index contributed by atoms with van der Waals surface area (Å²) in [5.74, 6) is -1.58. The molecule has 0 saturated carbocycles. The van der Waals surface area contributed by atoms with Gasteiger partial charge in [0.05, 0.1) is 34.2 Å². The molecule has 0 aliphatic rings. The molecule has 3 N–H and O–H groups in total. The number of carbonyl (C=O) groups is 3. The van der Waals surface area contributed by atoms with Gasteiger partial charge in [-0.2, -0.15) is 0 Å². The first kappa shape index (κ1) is 88.0. The minimum absolute atomic E-state index is 0.0724. The predicted molar refractivity (Wildman–Crippen MR) is 468 cm³/mol. The van der Waals surface area contributed by atoms with E-state index in [-0.39, 0.29) is 37.4 Å². The summed E-state index contributed by atoms with van der Waals surface area (Å²) in [6.07, 6.45) is -2.82. The van der Waals surface area contributed by atoms with E-state index in [0.717, 1.165) is 121 Å². The Kier molecular flexibility index (Phi) is 28.9. The molecule has 0 radical (unpaired) electrons. The average molecular weight is 1600 g/mol. The van der Waals surface area contributed by atoms with Crippen molar-refractivity contribution in [3.05, 3.63) is 283 Å². The Morgan fingerprint density at radius 3 is 0.894 bits per heavy atom. The lowest BCUT2D eigenvalue weighted by atomic mass is 9.87. The van der Waals surface area contributed by atoms with Crippen LogP contribution in [0.25, 0.3) is 87.6 Å². The van der Waals surface area contributed by atoms with E-state index in [1.165, 1.54) is 5.39 Å². The maximum atomic E-state index is 12.6. The number of aliphatic hydroxyl groups excluding tert-OH is 2. The van der Waals surface area contributed by atoms with Gasteiger partial charge in [-0.05, 0) is 307 Å². The van der Waals surface area contributed by atoms with Crippen molar-refractivity contribution >= 4 is 107 Å². The van der Waals surface area contributed by atoms with Gasteiger partial charge in [-0.15, -0.1) is 0 Å². The summed E-state index contributed by atoms with van der Waals surface area (Å²) in [5.41, 5.74) is 12.9. The minimum atomic E-state index is -1.07. The van der Waals surface area contributed by atoms with E-state index in [0.29, 0.717) is 25.7 Å². The average Bonchev–Trinajstić information content (AvgIpc) is 0.777. The standard InChI is InChI=1S/C28H33ClO3.C24H25ClO3.C23H23ClO3.C23H25ClO2/c1-18-16-20-10-8-9-11-22(20)25(19-12-14-21(29)15-13-19)24(18)23(32-28(5,6)7)17-31-26(30)27(2,3)4;1-15-13-17-7-5-6-8-19(17)22(16-9-11-18(25)12-10-16)21(15)20(26)14-28-23(27)24(2,3)4;1-14-13-16-7-5-6-8-18(16)20(15-9-11-17(24)12-10-15)19(14)21(22(25)26)27-23(2,3)4;1-15-13-17-7-5-6-8-19(17)22(16-9-11-18(24)12-10-16)21(15)20(14-25)26-23(2,3)4/h8-16,23H,17H2,1-7H3;5-13,20,26H,14H2,1-4H3;5-13,21H,1-4H3,(H,25,26);5-13,20,25H,14H2,1-4H3/t23-;20-;21-;20-/m1101/s1. The highest BCUT2D eigenvalue weighted by molar-refractivity contribution is 6.31. The van der Waals surface area contributed by atoms with E-state index in [1.807, 2.05) is 267 Å². The van der Waals surface area contributed by atoms with Crippen molar-refractivity contribution in [1.82, 2.24) is 0 Å². The summed E-state index contributed by atoms with van der Waals surface area (Å²) < 4.78 is 29.8. The number of hydrogen-bond acceptors (Lipinski definition) is 10. The van der Waals surface area contributed by atoms with Gasteiger partial charge in [0, 0.05) is 25.7 Å². The summed E-state index contributed by atoms with van der Waals surface area (Å²) >= 11 is 24.4. The van der Waals surface area contributed by atoms with Gasteiger partial charge in [0.15, 0.2) is 6.10 Å². The van der Waals surface area contributed by atoms with Crippen LogP contribution in [0, 0.1) is 38.5 Å². The fourth-order valence-electron chi connectivity index (χ4n) is 13.9. The minimum Gasteiger partial charge on any atom is -0.479 e. The van der Waals surface area contributed by atoms with Crippen LogP contribution in [0.1, 0.15) is 173 Å². The topological polar surface area (TPSA) is 158 Å². The number of rotatable bonds is 17. The quantitative estimate of drug-likeness (QED) is 0.0745. The van der Waals surface area contributed by atoms with Gasteiger partial charge in [-0.1, -0.05) is 216 Å². The zero-order valence-corrected chi connectivity index (χ0v) is 71.4. The van der Waals surface area contributed by atoms with Crippen LogP contribution in [0.4, 0.5) is 0 Å². The zero-order chi connectivity index (χ0) is 82.8. The molecule has 15 heteroatoms. The van der Waals surface area contributed by atoms with Gasteiger partial charge in [-0.3, -0.25) is 9.59 Å². The lowest BCUT2D eigenvalue weighted by Crippen LogP contribution is -2.30. The smallest absolute Gasteiger partial charge is 0.337 e. The maximum Gasteiger partial charge on any atom is 0.337 e. The van der Waals surface area contributed by atoms with Crippen LogP contribution in [0.3, 0.4) is 0 Å². The molecule has 0 aliphatic heterocycles. The van der Waals surface area contributed by atoms with Crippen LogP contribution in [-0.2, 0) is 38.1 Å². The number of halogens is 4. The normalized spacial score (nSPS) is 13.0. The number of aryl methyl sites for hydroxylation is 4. The lowest BCUT2D eigenvalue weighted by molar-refractivity contribution is -0.162. The number of ether oxygens (including phenoxy) is 5. The fraction of sp³-hybridized carbons (Fsp3) is 0.316. The van der Waals surface area contributed by atoms with Crippen molar-refractivity contribution in [3.8, 4) is 44.5 Å². The molecule has 12 aromatic carbocycles. The second-order valence-electron chi connectivity index (χ2n) is 33.6. The van der Waals surface area contributed by atoms with E-state index in [9.17, 15) is 29.7 Å². The summed E-state index contributed by atoms with van der Waals surface area (Å²) in [6.45, 7) is 36.7. The summed E-state index contributed by atoms with van der Waals surface area (Å²) in [4.78, 5) is 36.9. The molecule has 11 nitrogen and oxygen atoms in total. The Hall–Kier alpha value is -8.95. The molecule has 4 atom stereocenters. The fourth-order valence-corrected chi connectivity index (χ4v) is 14.5. The summed E-state index contributed by atoms with van der Waals surface area (Å²) in [7, 11) is 0. The lowest BCUT2D eigenvalue weighted by Gasteiger charge is -2.31. The molecule has 0 aliphatic carbocycles. The molecular formula is C98H106Cl4O11. The number of carboxylic acids is 1. The van der Waals surface area contributed by atoms with Crippen molar-refractivity contribution in [3.63, 3.8) is 0 Å². The Morgan fingerprint density at radius 1 is 0.345 bits per heavy atom. The number of benzene rings is 12. The Labute approximate surface area is 687 Å². The highest BCUT2D eigenvalue weighted by Crippen LogP contribution is 2.46. The molecule has 12 rings (SSSR count). The van der Waals surface area contributed by atoms with Crippen molar-refractivity contribution in [2.45, 2.75) is 173 Å². The molecule has 0 aromatic heterocycles. The van der Waals surface area contributed by atoms with Crippen LogP contribution in [-0.4, -0.2) is 69.9 Å². The molecular weight excluding hydrogens is 1490 g/mol. The van der Waals surface area contributed by atoms with Crippen LogP contribution in [0.5, 0.6) is 0 Å². The number of aliphatic hydroxyl groups is 2. The molecule has 592 valence electrons. The molecule has 0 saturated heterocycles. The second kappa shape index (κ2) is 37.1. The van der Waals surface area contributed by atoms with Gasteiger partial charge in [-0.25, -0.2) is 4.79 Å².